The third kappa shape index (κ3) is 6.06. The number of imidazole rings is 1. The van der Waals surface area contributed by atoms with Crippen LogP contribution in [0.2, 0.25) is 0 Å². The molecule has 1 amide bonds. The first-order valence-electron chi connectivity index (χ1n) is 11.4. The molecule has 0 bridgehead atoms. The van der Waals surface area contributed by atoms with E-state index in [2.05, 4.69) is 30.8 Å². The molecule has 198 valence electrons. The second-order valence-corrected chi connectivity index (χ2v) is 9.34. The van der Waals surface area contributed by atoms with Gasteiger partial charge in [0.25, 0.3) is 11.8 Å². The molecule has 4 aromatic heterocycles. The molecule has 4 rings (SSSR count). The normalized spacial score (nSPS) is 12.8. The van der Waals surface area contributed by atoms with Gasteiger partial charge in [0.05, 0.1) is 58.9 Å². The predicted octanol–water partition coefficient (Wildman–Crippen LogP) is 3.10. The number of nitrogens with one attached hydrogen (secondary N) is 2. The number of hydrogen-bond acceptors (Lipinski definition) is 8. The van der Waals surface area contributed by atoms with E-state index in [0.717, 1.165) is 11.6 Å². The van der Waals surface area contributed by atoms with E-state index in [1.807, 2.05) is 6.07 Å². The molecule has 11 nitrogen and oxygen atoms in total. The number of hydrogen-bond donors (Lipinski definition) is 3. The quantitative estimate of drug-likeness (QED) is 0.301. The minimum Gasteiger partial charge on any atom is -0.387 e. The Bertz CT molecular complexity index is 1510. The van der Waals surface area contributed by atoms with Gasteiger partial charge in [-0.15, -0.1) is 0 Å². The van der Waals surface area contributed by atoms with E-state index in [1.165, 1.54) is 55.4 Å². The van der Waals surface area contributed by atoms with Crippen LogP contribution in [-0.4, -0.2) is 64.6 Å². The van der Waals surface area contributed by atoms with Gasteiger partial charge in [-0.1, -0.05) is 0 Å². The molecule has 0 aromatic carbocycles. The highest BCUT2D eigenvalue weighted by molar-refractivity contribution is 6.00. The fourth-order valence-corrected chi connectivity index (χ4v) is 3.47. The van der Waals surface area contributed by atoms with Gasteiger partial charge < -0.3 is 15.7 Å². The number of fused-ring (bicyclic) bond motifs is 1. The Morgan fingerprint density at radius 1 is 1.16 bits per heavy atom. The van der Waals surface area contributed by atoms with Gasteiger partial charge in [0, 0.05) is 25.4 Å². The molecule has 0 aliphatic carbocycles. The topological polar surface area (TPSA) is 146 Å². The molecular weight excluding hydrogens is 503 g/mol. The Morgan fingerprint density at radius 2 is 1.92 bits per heavy atom. The summed E-state index contributed by atoms with van der Waals surface area (Å²) in [5.41, 5.74) is 0.427. The Labute approximate surface area is 214 Å². The number of carbonyl (C=O) groups excluding carboxylic acids is 1. The zero-order valence-electron chi connectivity index (χ0n) is 20.7. The van der Waals surface area contributed by atoms with Gasteiger partial charge in [0.15, 0.2) is 5.65 Å². The van der Waals surface area contributed by atoms with Crippen molar-refractivity contribution in [1.82, 2.24) is 34.7 Å². The average molecular weight is 528 g/mol. The van der Waals surface area contributed by atoms with E-state index in [4.69, 9.17) is 5.26 Å². The van der Waals surface area contributed by atoms with Gasteiger partial charge in [0.1, 0.15) is 24.5 Å². The van der Waals surface area contributed by atoms with E-state index in [0.29, 0.717) is 28.3 Å². The molecule has 0 aliphatic rings. The van der Waals surface area contributed by atoms with Crippen LogP contribution in [0.3, 0.4) is 0 Å². The number of amides is 1. The van der Waals surface area contributed by atoms with Crippen LogP contribution in [0.4, 0.5) is 24.5 Å². The van der Waals surface area contributed by atoms with E-state index >= 15 is 0 Å². The van der Waals surface area contributed by atoms with Crippen molar-refractivity contribution < 1.29 is 23.1 Å². The summed E-state index contributed by atoms with van der Waals surface area (Å²) < 4.78 is 43.6. The van der Waals surface area contributed by atoms with Crippen molar-refractivity contribution >= 4 is 22.9 Å². The molecule has 0 aliphatic heterocycles. The Morgan fingerprint density at radius 3 is 2.61 bits per heavy atom. The molecule has 1 atom stereocenters. The van der Waals surface area contributed by atoms with Crippen LogP contribution in [0.25, 0.3) is 17.0 Å². The molecule has 0 saturated heterocycles. The third-order valence-electron chi connectivity index (χ3n) is 5.46. The Kier molecular flexibility index (Phi) is 7.05. The first kappa shape index (κ1) is 26.6. The fourth-order valence-electron chi connectivity index (χ4n) is 3.47. The van der Waals surface area contributed by atoms with Crippen LogP contribution in [0.15, 0.2) is 43.1 Å². The van der Waals surface area contributed by atoms with Gasteiger partial charge in [-0.2, -0.15) is 15.5 Å². The lowest BCUT2D eigenvalue weighted by Crippen LogP contribution is -2.42. The monoisotopic (exact) mass is 527 g/mol. The molecule has 0 radical (unpaired) electrons. The van der Waals surface area contributed by atoms with Crippen LogP contribution in [0.1, 0.15) is 36.7 Å². The number of anilines is 2. The maximum atomic E-state index is 14.2. The number of nitriles is 1. The number of aliphatic hydroxyl groups is 1. The van der Waals surface area contributed by atoms with Crippen LogP contribution in [-0.2, 0) is 6.54 Å². The van der Waals surface area contributed by atoms with Gasteiger partial charge >= 0.3 is 0 Å². The van der Waals surface area contributed by atoms with Gasteiger partial charge in [-0.05, 0) is 19.9 Å². The maximum absolute atomic E-state index is 14.2. The van der Waals surface area contributed by atoms with Crippen molar-refractivity contribution in [1.29, 1.82) is 5.26 Å². The highest BCUT2D eigenvalue weighted by atomic mass is 19.3. The minimum atomic E-state index is -2.98. The van der Waals surface area contributed by atoms with Gasteiger partial charge in [-0.25, -0.2) is 22.7 Å². The third-order valence-corrected chi connectivity index (χ3v) is 5.46. The van der Waals surface area contributed by atoms with Crippen molar-refractivity contribution in [3.05, 3.63) is 54.2 Å². The van der Waals surface area contributed by atoms with E-state index < -0.39 is 36.7 Å². The number of nitrogens with zero attached hydrogens (tertiary/aromatic N) is 7. The molecule has 4 aromatic rings. The zero-order valence-corrected chi connectivity index (χ0v) is 20.7. The van der Waals surface area contributed by atoms with Crippen LogP contribution >= 0.6 is 0 Å². The van der Waals surface area contributed by atoms with Crippen molar-refractivity contribution in [3.63, 3.8) is 0 Å². The number of rotatable bonds is 9. The van der Waals surface area contributed by atoms with E-state index in [1.54, 1.807) is 6.07 Å². The van der Waals surface area contributed by atoms with E-state index in [9.17, 15) is 23.1 Å². The summed E-state index contributed by atoms with van der Waals surface area (Å²) in [4.78, 5) is 21.5. The lowest BCUT2D eigenvalue weighted by atomic mass is 10.0. The van der Waals surface area contributed by atoms with Gasteiger partial charge in [-0.3, -0.25) is 14.5 Å². The molecule has 0 fully saturated rings. The van der Waals surface area contributed by atoms with Crippen LogP contribution in [0.5, 0.6) is 0 Å². The summed E-state index contributed by atoms with van der Waals surface area (Å²) in [7, 11) is 0. The van der Waals surface area contributed by atoms with Crippen LogP contribution in [0, 0.1) is 11.3 Å². The molecule has 38 heavy (non-hydrogen) atoms. The standard InChI is InChI=1S/C24H24F3N9O2/c1-23(2,38)20(25)11-31-22(37)16-9-29-18(19-10-30-21-4-14(6-28)7-33-36(19)21)5-17(16)34-15-8-32-35(12-15)13-24(3,26)27/h4-5,7-10,12,20,38H,11,13H2,1-3H3,(H,29,34)(H,31,37). The van der Waals surface area contributed by atoms with Crippen molar-refractivity contribution in [2.24, 2.45) is 0 Å². The summed E-state index contributed by atoms with van der Waals surface area (Å²) in [6, 6.07) is 5.05. The Hall–Kier alpha value is -4.51. The lowest BCUT2D eigenvalue weighted by Gasteiger charge is -2.22. The Balaban J connectivity index is 1.69. The highest BCUT2D eigenvalue weighted by Crippen LogP contribution is 2.27. The molecule has 0 spiro atoms. The lowest BCUT2D eigenvalue weighted by molar-refractivity contribution is -0.00187. The first-order chi connectivity index (χ1) is 17.8. The number of halogens is 3. The second-order valence-electron chi connectivity index (χ2n) is 9.34. The van der Waals surface area contributed by atoms with Crippen LogP contribution < -0.4 is 10.6 Å². The molecular formula is C24H24F3N9O2. The predicted molar refractivity (Wildman–Crippen MR) is 131 cm³/mol. The summed E-state index contributed by atoms with van der Waals surface area (Å²) in [5.74, 6) is -3.66. The summed E-state index contributed by atoms with van der Waals surface area (Å²) in [6.07, 6.45) is 5.06. The molecule has 1 unspecified atom stereocenters. The number of carbonyl (C=O) groups is 1. The van der Waals surface area contributed by atoms with Crippen molar-refractivity contribution in [2.75, 3.05) is 11.9 Å². The number of pyridine rings is 1. The molecule has 0 saturated carbocycles. The summed E-state index contributed by atoms with van der Waals surface area (Å²) >= 11 is 0. The maximum Gasteiger partial charge on any atom is 0.264 e. The van der Waals surface area contributed by atoms with E-state index in [-0.39, 0.29) is 11.3 Å². The second kappa shape index (κ2) is 10.1. The van der Waals surface area contributed by atoms with Gasteiger partial charge in [0.2, 0.25) is 0 Å². The smallest absolute Gasteiger partial charge is 0.264 e. The average Bonchev–Trinajstić information content (AvgIpc) is 3.46. The number of aromatic nitrogens is 6. The molecule has 4 heterocycles. The largest absolute Gasteiger partial charge is 0.387 e. The molecule has 3 N–H and O–H groups in total. The SMILES string of the molecule is CC(F)(F)Cn1cc(Nc2cc(-c3cnc4cc(C#N)cnn34)ncc2C(=O)NCC(F)C(C)(C)O)cn1. The highest BCUT2D eigenvalue weighted by Gasteiger charge is 2.27. The van der Waals surface area contributed by atoms with Crippen molar-refractivity contribution in [2.45, 2.75) is 45.0 Å². The summed E-state index contributed by atoms with van der Waals surface area (Å²) in [6.45, 7) is 2.25. The minimum absolute atomic E-state index is 0.0267. The first-order valence-corrected chi connectivity index (χ1v) is 11.4. The zero-order chi connectivity index (χ0) is 27.7. The number of alkyl halides is 3. The summed E-state index contributed by atoms with van der Waals surface area (Å²) in [5, 5.41) is 32.5. The van der Waals surface area contributed by atoms with Crippen molar-refractivity contribution in [3.8, 4) is 17.5 Å². The molecule has 14 heteroatoms. The fraction of sp³-hybridized carbons (Fsp3) is 0.333.